The molecule has 1 atom stereocenters. The third-order valence-electron chi connectivity index (χ3n) is 5.46. The van der Waals surface area contributed by atoms with Gasteiger partial charge in [-0.2, -0.15) is 0 Å². The Kier molecular flexibility index (Phi) is 5.04. The fraction of sp³-hybridized carbons (Fsp3) is 0.0800. The van der Waals surface area contributed by atoms with E-state index in [4.69, 9.17) is 11.6 Å². The topological polar surface area (TPSA) is 70.5 Å². The van der Waals surface area contributed by atoms with Gasteiger partial charge in [0.25, 0.3) is 5.78 Å². The molecule has 1 aliphatic rings. The molecular formula is C25H17ClN2O3S. The first-order valence-corrected chi connectivity index (χ1v) is 11.1. The Bertz CT molecular complexity index is 1380. The molecule has 0 bridgehead atoms. The van der Waals surface area contributed by atoms with Gasteiger partial charge in [0.05, 0.1) is 21.8 Å². The molecule has 7 heteroatoms. The van der Waals surface area contributed by atoms with Crippen molar-refractivity contribution in [1.29, 1.82) is 0 Å². The zero-order valence-corrected chi connectivity index (χ0v) is 18.5. The smallest absolute Gasteiger partial charge is 0.301 e. The van der Waals surface area contributed by atoms with Crippen molar-refractivity contribution in [2.45, 2.75) is 13.0 Å². The summed E-state index contributed by atoms with van der Waals surface area (Å²) in [6.45, 7) is 1.93. The van der Waals surface area contributed by atoms with E-state index < -0.39 is 17.7 Å². The van der Waals surface area contributed by atoms with Gasteiger partial charge in [-0.15, -0.1) is 0 Å². The van der Waals surface area contributed by atoms with Crippen molar-refractivity contribution in [3.63, 3.8) is 0 Å². The van der Waals surface area contributed by atoms with E-state index >= 15 is 0 Å². The molecule has 1 amide bonds. The molecule has 1 saturated heterocycles. The van der Waals surface area contributed by atoms with Crippen molar-refractivity contribution in [2.75, 3.05) is 4.90 Å². The first kappa shape index (κ1) is 20.4. The van der Waals surface area contributed by atoms with Crippen molar-refractivity contribution in [3.8, 4) is 0 Å². The molecule has 0 spiro atoms. The molecule has 1 N–H and O–H groups in total. The van der Waals surface area contributed by atoms with Gasteiger partial charge in [-0.1, -0.05) is 83.1 Å². The molecule has 0 aliphatic carbocycles. The molecule has 5 nitrogen and oxygen atoms in total. The van der Waals surface area contributed by atoms with Crippen molar-refractivity contribution in [1.82, 2.24) is 4.98 Å². The maximum Gasteiger partial charge on any atom is 0.301 e. The van der Waals surface area contributed by atoms with Gasteiger partial charge in [0, 0.05) is 10.6 Å². The number of benzene rings is 3. The number of carbonyl (C=O) groups excluding carboxylic acids is 2. The lowest BCUT2D eigenvalue weighted by molar-refractivity contribution is -0.132. The number of aliphatic hydroxyl groups excluding tert-OH is 1. The molecule has 4 aromatic rings. The summed E-state index contributed by atoms with van der Waals surface area (Å²) in [5, 5.41) is 11.9. The highest BCUT2D eigenvalue weighted by Gasteiger charge is 2.48. The average molecular weight is 461 g/mol. The summed E-state index contributed by atoms with van der Waals surface area (Å²) in [6, 6.07) is 20.7. The van der Waals surface area contributed by atoms with E-state index in [9.17, 15) is 14.7 Å². The molecule has 5 rings (SSSR count). The van der Waals surface area contributed by atoms with Crippen LogP contribution in [0.3, 0.4) is 0 Å². The summed E-state index contributed by atoms with van der Waals surface area (Å²) in [4.78, 5) is 32.4. The summed E-state index contributed by atoms with van der Waals surface area (Å²) in [5.74, 6) is -1.76. The molecule has 158 valence electrons. The number of amides is 1. The number of hydrogen-bond donors (Lipinski definition) is 1. The van der Waals surface area contributed by atoms with Crippen LogP contribution in [0.25, 0.3) is 16.0 Å². The van der Waals surface area contributed by atoms with E-state index in [2.05, 4.69) is 4.98 Å². The number of ketones is 1. The SMILES string of the molecule is Cc1ccc(C(O)=C2C(=O)C(=O)N(c3nc4ccccc4s3)C2c2ccccc2Cl)cc1. The van der Waals surface area contributed by atoms with Gasteiger partial charge in [-0.05, 0) is 30.7 Å². The quantitative estimate of drug-likeness (QED) is 0.235. The molecule has 0 saturated carbocycles. The molecule has 32 heavy (non-hydrogen) atoms. The molecule has 1 unspecified atom stereocenters. The molecule has 1 aliphatic heterocycles. The fourth-order valence-electron chi connectivity index (χ4n) is 3.85. The highest BCUT2D eigenvalue weighted by Crippen LogP contribution is 2.45. The van der Waals surface area contributed by atoms with Crippen LogP contribution >= 0.6 is 22.9 Å². The Labute approximate surface area is 193 Å². The van der Waals surface area contributed by atoms with Crippen LogP contribution in [0.2, 0.25) is 5.02 Å². The average Bonchev–Trinajstić information content (AvgIpc) is 3.33. The maximum absolute atomic E-state index is 13.2. The van der Waals surface area contributed by atoms with Crippen molar-refractivity contribution >= 4 is 55.7 Å². The lowest BCUT2D eigenvalue weighted by Crippen LogP contribution is -2.29. The van der Waals surface area contributed by atoms with Crippen LogP contribution in [-0.4, -0.2) is 21.8 Å². The minimum Gasteiger partial charge on any atom is -0.507 e. The summed E-state index contributed by atoms with van der Waals surface area (Å²) in [6.07, 6.45) is 0. The largest absolute Gasteiger partial charge is 0.507 e. The first-order chi connectivity index (χ1) is 15.5. The number of halogens is 1. The predicted octanol–water partition coefficient (Wildman–Crippen LogP) is 5.88. The normalized spacial score (nSPS) is 17.9. The van der Waals surface area contributed by atoms with E-state index in [0.29, 0.717) is 21.3 Å². The van der Waals surface area contributed by atoms with Crippen molar-refractivity contribution in [3.05, 3.63) is 100 Å². The minimum atomic E-state index is -0.898. The fourth-order valence-corrected chi connectivity index (χ4v) is 5.08. The van der Waals surface area contributed by atoms with Crippen LogP contribution in [0.4, 0.5) is 5.13 Å². The Hall–Kier alpha value is -3.48. The van der Waals surface area contributed by atoms with E-state index in [1.165, 1.54) is 16.2 Å². The molecule has 3 aromatic carbocycles. The number of rotatable bonds is 3. The van der Waals surface area contributed by atoms with Crippen LogP contribution in [0.5, 0.6) is 0 Å². The van der Waals surface area contributed by atoms with Crippen molar-refractivity contribution < 1.29 is 14.7 Å². The standard InChI is InChI=1S/C25H17ClN2O3S/c1-14-10-12-15(13-11-14)22(29)20-21(16-6-2-3-7-17(16)26)28(24(31)23(20)30)25-27-18-8-4-5-9-19(18)32-25/h2-13,21,29H,1H3. The molecule has 2 heterocycles. The second-order valence-corrected chi connectivity index (χ2v) is 8.94. The Morgan fingerprint density at radius 3 is 2.41 bits per heavy atom. The number of aryl methyl sites for hydroxylation is 1. The third kappa shape index (κ3) is 3.28. The highest BCUT2D eigenvalue weighted by atomic mass is 35.5. The number of para-hydroxylation sites is 1. The zero-order valence-electron chi connectivity index (χ0n) is 16.9. The predicted molar refractivity (Wildman–Crippen MR) is 127 cm³/mol. The van der Waals surface area contributed by atoms with Crippen LogP contribution in [-0.2, 0) is 9.59 Å². The maximum atomic E-state index is 13.2. The van der Waals surface area contributed by atoms with E-state index in [-0.39, 0.29) is 11.3 Å². The second kappa shape index (κ2) is 7.89. The molecule has 1 aromatic heterocycles. The second-order valence-electron chi connectivity index (χ2n) is 7.52. The Balaban J connectivity index is 1.75. The van der Waals surface area contributed by atoms with Crippen LogP contribution in [0, 0.1) is 6.92 Å². The molecular weight excluding hydrogens is 444 g/mol. The zero-order chi connectivity index (χ0) is 22.4. The number of aliphatic hydroxyl groups is 1. The van der Waals surface area contributed by atoms with E-state index in [0.717, 1.165) is 15.8 Å². The van der Waals surface area contributed by atoms with E-state index in [1.807, 2.05) is 43.3 Å². The molecule has 1 fully saturated rings. The lowest BCUT2D eigenvalue weighted by atomic mass is 9.95. The first-order valence-electron chi connectivity index (χ1n) is 9.94. The molecule has 0 radical (unpaired) electrons. The minimum absolute atomic E-state index is 0.00814. The Morgan fingerprint density at radius 1 is 1.00 bits per heavy atom. The van der Waals surface area contributed by atoms with Crippen LogP contribution in [0.15, 0.2) is 78.4 Å². The number of nitrogens with zero attached hydrogens (tertiary/aromatic N) is 2. The summed E-state index contributed by atoms with van der Waals surface area (Å²) in [7, 11) is 0. The number of aromatic nitrogens is 1. The monoisotopic (exact) mass is 460 g/mol. The van der Waals surface area contributed by atoms with Gasteiger partial charge in [0.2, 0.25) is 0 Å². The highest BCUT2D eigenvalue weighted by molar-refractivity contribution is 7.22. The van der Waals surface area contributed by atoms with Crippen LogP contribution < -0.4 is 4.90 Å². The summed E-state index contributed by atoms with van der Waals surface area (Å²) >= 11 is 7.81. The third-order valence-corrected chi connectivity index (χ3v) is 6.84. The number of fused-ring (bicyclic) bond motifs is 1. The van der Waals surface area contributed by atoms with E-state index in [1.54, 1.807) is 36.4 Å². The van der Waals surface area contributed by atoms with Gasteiger partial charge >= 0.3 is 5.91 Å². The number of thiazole rings is 1. The van der Waals surface area contributed by atoms with Gasteiger partial charge in [-0.25, -0.2) is 4.98 Å². The number of anilines is 1. The number of hydrogen-bond acceptors (Lipinski definition) is 5. The van der Waals surface area contributed by atoms with Gasteiger partial charge < -0.3 is 5.11 Å². The van der Waals surface area contributed by atoms with Crippen LogP contribution in [0.1, 0.15) is 22.7 Å². The Morgan fingerprint density at radius 2 is 1.69 bits per heavy atom. The summed E-state index contributed by atoms with van der Waals surface area (Å²) < 4.78 is 0.890. The number of Topliss-reactive ketones (excluding diaryl/α,β-unsaturated/α-hetero) is 1. The van der Waals surface area contributed by atoms with Crippen molar-refractivity contribution in [2.24, 2.45) is 0 Å². The van der Waals surface area contributed by atoms with Gasteiger partial charge in [-0.3, -0.25) is 14.5 Å². The lowest BCUT2D eigenvalue weighted by Gasteiger charge is -2.23. The van der Waals surface area contributed by atoms with Gasteiger partial charge in [0.15, 0.2) is 5.13 Å². The number of carbonyl (C=O) groups is 2. The van der Waals surface area contributed by atoms with Gasteiger partial charge in [0.1, 0.15) is 5.76 Å². The summed E-state index contributed by atoms with van der Waals surface area (Å²) in [5.41, 5.74) is 2.73.